The first-order chi connectivity index (χ1) is 18.5. The molecule has 0 saturated heterocycles. The molecule has 0 saturated carbocycles. The van der Waals surface area contributed by atoms with Gasteiger partial charge in [0, 0.05) is 34.2 Å². The highest BCUT2D eigenvalue weighted by atomic mass is 32.2. The minimum atomic E-state index is -1.66. The van der Waals surface area contributed by atoms with Crippen molar-refractivity contribution in [2.75, 3.05) is 6.61 Å². The Morgan fingerprint density at radius 3 is 2.61 bits per heavy atom. The number of allylic oxidation sites excluding steroid dienone is 5. The van der Waals surface area contributed by atoms with Crippen LogP contribution in [0.4, 0.5) is 0 Å². The lowest BCUT2D eigenvalue weighted by molar-refractivity contribution is -0.121. The Morgan fingerprint density at radius 1 is 1.16 bits per heavy atom. The maximum absolute atomic E-state index is 14.1. The van der Waals surface area contributed by atoms with E-state index in [0.29, 0.717) is 15.5 Å². The van der Waals surface area contributed by atoms with Gasteiger partial charge in [-0.1, -0.05) is 54.6 Å². The van der Waals surface area contributed by atoms with E-state index in [2.05, 4.69) is 11.2 Å². The predicted octanol–water partition coefficient (Wildman–Crippen LogP) is 7.09. The molecule has 4 aromatic rings. The first kappa shape index (κ1) is 26.8. The molecule has 9 heteroatoms. The Labute approximate surface area is 227 Å². The molecule has 1 amide bonds. The van der Waals surface area contributed by atoms with Crippen molar-refractivity contribution >= 4 is 39.5 Å². The summed E-state index contributed by atoms with van der Waals surface area (Å²) in [6.45, 7) is 3.04. The van der Waals surface area contributed by atoms with Gasteiger partial charge in [-0.15, -0.1) is 16.2 Å². The molecule has 38 heavy (non-hydrogen) atoms. The summed E-state index contributed by atoms with van der Waals surface area (Å²) in [6, 6.07) is 21.6. The van der Waals surface area contributed by atoms with E-state index in [1.165, 1.54) is 11.3 Å². The zero-order valence-corrected chi connectivity index (χ0v) is 22.3. The number of nitriles is 1. The number of rotatable bonds is 9. The first-order valence-corrected chi connectivity index (χ1v) is 13.6. The number of aromatic nitrogens is 1. The lowest BCUT2D eigenvalue weighted by atomic mass is 9.99. The minimum Gasteiger partial charge on any atom is -0.588 e. The number of hydrogen-bond donors (Lipinski definition) is 0. The second kappa shape index (κ2) is 12.3. The summed E-state index contributed by atoms with van der Waals surface area (Å²) in [5.41, 5.74) is 4.01. The number of nitrogens with zero attached hydrogens (tertiary/aromatic N) is 3. The van der Waals surface area contributed by atoms with Crippen LogP contribution in [0.1, 0.15) is 18.7 Å². The van der Waals surface area contributed by atoms with Gasteiger partial charge in [0.25, 0.3) is 0 Å². The summed E-state index contributed by atoms with van der Waals surface area (Å²) < 4.78 is 21.3. The number of fused-ring (bicyclic) bond motifs is 1. The molecule has 0 fully saturated rings. The van der Waals surface area contributed by atoms with Gasteiger partial charge < -0.3 is 9.29 Å². The fraction of sp³-hybridized carbons (Fsp3) is 0.103. The molecule has 190 valence electrons. The lowest BCUT2D eigenvalue weighted by Gasteiger charge is -2.16. The quantitative estimate of drug-likeness (QED) is 0.0972. The lowest BCUT2D eigenvalue weighted by Crippen LogP contribution is -2.15. The first-order valence-electron chi connectivity index (χ1n) is 11.6. The summed E-state index contributed by atoms with van der Waals surface area (Å²) >= 11 is -0.291. The number of nitroso groups, excluding NO2 is 1. The van der Waals surface area contributed by atoms with E-state index in [1.54, 1.807) is 42.1 Å². The molecule has 7 nitrogen and oxygen atoms in total. The van der Waals surface area contributed by atoms with Crippen molar-refractivity contribution in [3.05, 3.63) is 111 Å². The van der Waals surface area contributed by atoms with E-state index >= 15 is 0 Å². The SMILES string of the molecule is C\C=C/C(=C\C=C(/C)[S+]([O-])n1c(-c2ccccc2)c(-c2ccsc2C#N)c2ccccc21)OCC(=O)N=O. The van der Waals surface area contributed by atoms with Gasteiger partial charge in [0.15, 0.2) is 11.5 Å². The highest BCUT2D eigenvalue weighted by Crippen LogP contribution is 2.44. The normalized spacial score (nSPS) is 13.0. The Balaban J connectivity index is 1.90. The second-order valence-electron chi connectivity index (χ2n) is 8.05. The molecular formula is C29H23N3O4S2. The largest absolute Gasteiger partial charge is 0.588 e. The zero-order valence-electron chi connectivity index (χ0n) is 20.7. The van der Waals surface area contributed by atoms with Crippen molar-refractivity contribution in [2.45, 2.75) is 13.8 Å². The number of carbonyl (C=O) groups excluding carboxylic acids is 1. The molecule has 0 N–H and O–H groups in total. The van der Waals surface area contributed by atoms with E-state index in [9.17, 15) is 19.5 Å². The standard InChI is InChI=1S/C29H23N3O4S2/c1-3-9-22(36-19-27(33)31-34)15-14-20(2)38(35)32-25-13-8-7-12-23(25)28(24-16-17-37-26(24)18-30)29(32)21-10-5-4-6-11-21/h3-17H,19H2,1-2H3/b9-3-,20-14+,22-15+. The number of amides is 1. The van der Waals surface area contributed by atoms with E-state index in [4.69, 9.17) is 4.74 Å². The average Bonchev–Trinajstić information content (AvgIpc) is 3.56. The second-order valence-corrected chi connectivity index (χ2v) is 10.5. The molecule has 0 spiro atoms. The maximum Gasteiger partial charge on any atom is 0.323 e. The monoisotopic (exact) mass is 541 g/mol. The third-order valence-electron chi connectivity index (χ3n) is 5.63. The minimum absolute atomic E-state index is 0.319. The summed E-state index contributed by atoms with van der Waals surface area (Å²) in [7, 11) is 0. The van der Waals surface area contributed by atoms with Crippen LogP contribution in [0.5, 0.6) is 0 Å². The van der Waals surface area contributed by atoms with Crippen LogP contribution in [0.15, 0.2) is 106 Å². The van der Waals surface area contributed by atoms with Crippen molar-refractivity contribution in [2.24, 2.45) is 5.18 Å². The van der Waals surface area contributed by atoms with Crippen molar-refractivity contribution in [3.8, 4) is 28.5 Å². The van der Waals surface area contributed by atoms with Crippen LogP contribution in [0, 0.1) is 16.2 Å². The van der Waals surface area contributed by atoms with Gasteiger partial charge in [0.1, 0.15) is 33.8 Å². The van der Waals surface area contributed by atoms with E-state index < -0.39 is 23.9 Å². The number of benzene rings is 2. The average molecular weight is 542 g/mol. The van der Waals surface area contributed by atoms with Gasteiger partial charge in [-0.25, -0.2) is 0 Å². The van der Waals surface area contributed by atoms with Gasteiger partial charge in [0.05, 0.1) is 5.52 Å². The molecule has 0 aliphatic carbocycles. The molecule has 2 aromatic carbocycles. The van der Waals surface area contributed by atoms with Crippen LogP contribution in [0.3, 0.4) is 0 Å². The fourth-order valence-electron chi connectivity index (χ4n) is 4.00. The zero-order chi connectivity index (χ0) is 27.1. The predicted molar refractivity (Wildman–Crippen MR) is 152 cm³/mol. The van der Waals surface area contributed by atoms with Gasteiger partial charge in [0.2, 0.25) is 0 Å². The summed E-state index contributed by atoms with van der Waals surface area (Å²) in [5.74, 6) is -0.604. The highest BCUT2D eigenvalue weighted by molar-refractivity contribution is 7.94. The Hall–Kier alpha value is -4.23. The van der Waals surface area contributed by atoms with Crippen molar-refractivity contribution < 1.29 is 14.1 Å². The van der Waals surface area contributed by atoms with Crippen molar-refractivity contribution in [1.82, 2.24) is 3.97 Å². The number of hydrogen-bond acceptors (Lipinski definition) is 6. The molecule has 0 bridgehead atoms. The molecule has 0 aliphatic rings. The summed E-state index contributed by atoms with van der Waals surface area (Å²) in [4.78, 5) is 22.7. The Morgan fingerprint density at radius 2 is 1.89 bits per heavy atom. The topological polar surface area (TPSA) is 108 Å². The number of ether oxygens (including phenoxy) is 1. The summed E-state index contributed by atoms with van der Waals surface area (Å²) in [6.07, 6.45) is 6.59. The molecule has 0 aliphatic heterocycles. The third-order valence-corrected chi connectivity index (χ3v) is 7.85. The van der Waals surface area contributed by atoms with Crippen LogP contribution < -0.4 is 0 Å². The van der Waals surface area contributed by atoms with Crippen LogP contribution in [0.25, 0.3) is 33.3 Å². The van der Waals surface area contributed by atoms with Crippen LogP contribution in [0.2, 0.25) is 0 Å². The molecular weight excluding hydrogens is 518 g/mol. The van der Waals surface area contributed by atoms with Gasteiger partial charge in [-0.05, 0) is 42.7 Å². The van der Waals surface area contributed by atoms with E-state index in [1.807, 2.05) is 66.0 Å². The maximum atomic E-state index is 14.1. The smallest absolute Gasteiger partial charge is 0.323 e. The van der Waals surface area contributed by atoms with Crippen molar-refractivity contribution in [1.29, 1.82) is 5.26 Å². The number of thiophene rings is 1. The molecule has 2 aromatic heterocycles. The van der Waals surface area contributed by atoms with Crippen molar-refractivity contribution in [3.63, 3.8) is 0 Å². The van der Waals surface area contributed by atoms with Crippen LogP contribution in [-0.4, -0.2) is 21.0 Å². The van der Waals surface area contributed by atoms with Gasteiger partial charge >= 0.3 is 5.91 Å². The van der Waals surface area contributed by atoms with Crippen LogP contribution in [-0.2, 0) is 20.9 Å². The third kappa shape index (κ3) is 5.53. The van der Waals surface area contributed by atoms with Gasteiger partial charge in [-0.3, -0.25) is 4.79 Å². The molecule has 2 heterocycles. The fourth-order valence-corrected chi connectivity index (χ4v) is 5.86. The highest BCUT2D eigenvalue weighted by Gasteiger charge is 2.29. The Bertz CT molecular complexity index is 1610. The number of carbonyl (C=O) groups is 1. The molecule has 1 atom stereocenters. The molecule has 1 unspecified atom stereocenters. The summed E-state index contributed by atoms with van der Waals surface area (Å²) in [5, 5.41) is 14.9. The van der Waals surface area contributed by atoms with Crippen LogP contribution >= 0.6 is 11.3 Å². The Kier molecular flexibility index (Phi) is 8.71. The number of para-hydroxylation sites is 1. The van der Waals surface area contributed by atoms with E-state index in [0.717, 1.165) is 33.3 Å². The van der Waals surface area contributed by atoms with E-state index in [-0.39, 0.29) is 0 Å². The molecule has 0 radical (unpaired) electrons. The van der Waals surface area contributed by atoms with Gasteiger partial charge in [-0.2, -0.15) is 9.23 Å². The molecule has 4 rings (SSSR count).